The third-order valence-corrected chi connectivity index (χ3v) is 5.61. The van der Waals surface area contributed by atoms with Gasteiger partial charge in [0, 0.05) is 30.8 Å². The van der Waals surface area contributed by atoms with Crippen LogP contribution in [0.2, 0.25) is 0 Å². The standard InChI is InChI=1S/C22H21F6N3/c1-12-18(13-5-7-14(8-6-13)21(3,24)25)20(2,30-19(29)31(12)4)16-11-15(22(26,27)28)9-10-17(16)23/h5-11,18H,1H2,2-4H3,(H2,29,30)/t18-,20+/m0/s1. The third kappa shape index (κ3) is 4.00. The largest absolute Gasteiger partial charge is 0.416 e. The lowest BCUT2D eigenvalue weighted by molar-refractivity contribution is -0.137. The number of benzene rings is 2. The molecule has 0 saturated carbocycles. The van der Waals surface area contributed by atoms with Crippen molar-refractivity contribution in [2.75, 3.05) is 7.05 Å². The van der Waals surface area contributed by atoms with Crippen LogP contribution in [0.25, 0.3) is 0 Å². The van der Waals surface area contributed by atoms with Crippen LogP contribution in [0.4, 0.5) is 26.3 Å². The highest BCUT2D eigenvalue weighted by Crippen LogP contribution is 2.49. The lowest BCUT2D eigenvalue weighted by Gasteiger charge is -2.44. The summed E-state index contributed by atoms with van der Waals surface area (Å²) in [5.41, 5.74) is 3.51. The lowest BCUT2D eigenvalue weighted by atomic mass is 9.72. The van der Waals surface area contributed by atoms with E-state index in [2.05, 4.69) is 11.6 Å². The van der Waals surface area contributed by atoms with Crippen molar-refractivity contribution in [1.29, 1.82) is 0 Å². The molecule has 2 aromatic rings. The second-order valence-electron chi connectivity index (χ2n) is 7.80. The van der Waals surface area contributed by atoms with Gasteiger partial charge in [-0.25, -0.2) is 18.2 Å². The first-order chi connectivity index (χ1) is 14.2. The van der Waals surface area contributed by atoms with Gasteiger partial charge < -0.3 is 10.6 Å². The highest BCUT2D eigenvalue weighted by atomic mass is 19.4. The van der Waals surface area contributed by atoms with Gasteiger partial charge in [-0.1, -0.05) is 30.8 Å². The Bertz CT molecular complexity index is 1040. The monoisotopic (exact) mass is 441 g/mol. The maximum absolute atomic E-state index is 14.8. The minimum absolute atomic E-state index is 0.0581. The molecule has 9 heteroatoms. The Morgan fingerprint density at radius 1 is 1.03 bits per heavy atom. The fraction of sp³-hybridized carbons (Fsp3) is 0.318. The molecule has 1 heterocycles. The van der Waals surface area contributed by atoms with Crippen molar-refractivity contribution in [2.45, 2.75) is 37.4 Å². The Balaban J connectivity index is 2.24. The maximum atomic E-state index is 14.8. The summed E-state index contributed by atoms with van der Waals surface area (Å²) in [6, 6.07) is 7.33. The Labute approximate surface area is 175 Å². The minimum Gasteiger partial charge on any atom is -0.370 e. The fourth-order valence-corrected chi connectivity index (χ4v) is 3.83. The molecule has 0 unspecified atom stereocenters. The Morgan fingerprint density at radius 3 is 2.10 bits per heavy atom. The van der Waals surface area contributed by atoms with Gasteiger partial charge in [0.1, 0.15) is 11.4 Å². The summed E-state index contributed by atoms with van der Waals surface area (Å²) < 4.78 is 82.0. The van der Waals surface area contributed by atoms with Crippen molar-refractivity contribution in [1.82, 2.24) is 4.90 Å². The summed E-state index contributed by atoms with van der Waals surface area (Å²) in [5.74, 6) is -4.89. The van der Waals surface area contributed by atoms with Gasteiger partial charge in [-0.05, 0) is 30.7 Å². The smallest absolute Gasteiger partial charge is 0.370 e. The van der Waals surface area contributed by atoms with E-state index in [1.54, 1.807) is 7.05 Å². The molecule has 0 amide bonds. The van der Waals surface area contributed by atoms with Crippen molar-refractivity contribution in [3.8, 4) is 0 Å². The zero-order valence-corrected chi connectivity index (χ0v) is 17.1. The summed E-state index contributed by atoms with van der Waals surface area (Å²) in [7, 11) is 1.56. The highest BCUT2D eigenvalue weighted by molar-refractivity contribution is 5.82. The van der Waals surface area contributed by atoms with Crippen LogP contribution in [-0.2, 0) is 17.6 Å². The number of guanidine groups is 1. The summed E-state index contributed by atoms with van der Waals surface area (Å²) in [6.45, 7) is 6.17. The van der Waals surface area contributed by atoms with Crippen LogP contribution >= 0.6 is 0 Å². The summed E-state index contributed by atoms with van der Waals surface area (Å²) in [5, 5.41) is 0. The van der Waals surface area contributed by atoms with Crippen LogP contribution in [0.3, 0.4) is 0 Å². The topological polar surface area (TPSA) is 41.6 Å². The fourth-order valence-electron chi connectivity index (χ4n) is 3.83. The van der Waals surface area contributed by atoms with Crippen LogP contribution in [0.15, 0.2) is 59.7 Å². The summed E-state index contributed by atoms with van der Waals surface area (Å²) >= 11 is 0. The van der Waals surface area contributed by atoms with E-state index in [9.17, 15) is 26.3 Å². The van der Waals surface area contributed by atoms with Gasteiger partial charge in [0.05, 0.1) is 11.5 Å². The number of nitrogens with two attached hydrogens (primary N) is 1. The predicted octanol–water partition coefficient (Wildman–Crippen LogP) is 5.73. The molecule has 31 heavy (non-hydrogen) atoms. The van der Waals surface area contributed by atoms with E-state index in [1.807, 2.05) is 0 Å². The summed E-state index contributed by atoms with van der Waals surface area (Å²) in [4.78, 5) is 5.76. The van der Waals surface area contributed by atoms with Gasteiger partial charge in [0.15, 0.2) is 5.96 Å². The zero-order chi connectivity index (χ0) is 23.4. The quantitative estimate of drug-likeness (QED) is 0.619. The molecule has 3 rings (SSSR count). The van der Waals surface area contributed by atoms with Crippen LogP contribution in [0.5, 0.6) is 0 Å². The van der Waals surface area contributed by atoms with E-state index >= 15 is 0 Å². The molecule has 0 fully saturated rings. The van der Waals surface area contributed by atoms with Crippen LogP contribution in [0.1, 0.15) is 42.0 Å². The molecule has 0 aromatic heterocycles. The van der Waals surface area contributed by atoms with Gasteiger partial charge in [0.25, 0.3) is 5.92 Å². The van der Waals surface area contributed by atoms with Crippen LogP contribution in [0, 0.1) is 5.82 Å². The molecule has 1 aliphatic heterocycles. The van der Waals surface area contributed by atoms with E-state index in [-0.39, 0.29) is 17.1 Å². The number of likely N-dealkylation sites (N-methyl/N-ethyl adjacent to an activating group) is 1. The van der Waals surface area contributed by atoms with Crippen molar-refractivity contribution in [3.05, 3.63) is 82.8 Å². The molecule has 0 aliphatic carbocycles. The molecule has 166 valence electrons. The average molecular weight is 441 g/mol. The predicted molar refractivity (Wildman–Crippen MR) is 106 cm³/mol. The molecule has 2 aromatic carbocycles. The highest BCUT2D eigenvalue weighted by Gasteiger charge is 2.46. The van der Waals surface area contributed by atoms with E-state index in [4.69, 9.17) is 5.73 Å². The minimum atomic E-state index is -4.69. The van der Waals surface area contributed by atoms with Gasteiger partial charge in [-0.15, -0.1) is 0 Å². The molecule has 1 aliphatic rings. The molecule has 3 nitrogen and oxygen atoms in total. The van der Waals surface area contributed by atoms with Gasteiger partial charge in [0.2, 0.25) is 0 Å². The van der Waals surface area contributed by atoms with Crippen molar-refractivity contribution in [2.24, 2.45) is 10.7 Å². The number of alkyl halides is 5. The van der Waals surface area contributed by atoms with Crippen molar-refractivity contribution >= 4 is 5.96 Å². The number of rotatable bonds is 3. The van der Waals surface area contributed by atoms with Gasteiger partial charge in [-0.2, -0.15) is 13.2 Å². The normalized spacial score (nSPS) is 22.5. The third-order valence-electron chi connectivity index (χ3n) is 5.61. The molecule has 0 radical (unpaired) electrons. The van der Waals surface area contributed by atoms with Crippen molar-refractivity contribution in [3.63, 3.8) is 0 Å². The number of halogens is 6. The first-order valence-electron chi connectivity index (χ1n) is 9.29. The van der Waals surface area contributed by atoms with E-state index in [1.165, 1.54) is 36.1 Å². The second-order valence-corrected chi connectivity index (χ2v) is 7.80. The molecular formula is C22H21F6N3. The number of hydrogen-bond donors (Lipinski definition) is 1. The zero-order valence-electron chi connectivity index (χ0n) is 17.1. The van der Waals surface area contributed by atoms with Gasteiger partial charge in [-0.3, -0.25) is 0 Å². The van der Waals surface area contributed by atoms with Crippen LogP contribution in [-0.4, -0.2) is 17.9 Å². The SMILES string of the molecule is C=C1[C@@H](c2ccc(C(C)(F)F)cc2)[C@@](C)(c2cc(C(F)(F)F)ccc2F)N=C(N)N1C. The lowest BCUT2D eigenvalue weighted by Crippen LogP contribution is -2.47. The molecule has 0 saturated heterocycles. The average Bonchev–Trinajstić information content (AvgIpc) is 2.65. The number of hydrogen-bond acceptors (Lipinski definition) is 3. The van der Waals surface area contributed by atoms with Crippen molar-refractivity contribution < 1.29 is 26.3 Å². The molecule has 0 bridgehead atoms. The Hall–Kier alpha value is -2.97. The van der Waals surface area contributed by atoms with Gasteiger partial charge >= 0.3 is 6.18 Å². The molecule has 0 spiro atoms. The van der Waals surface area contributed by atoms with E-state index in [0.29, 0.717) is 23.4 Å². The number of aliphatic imine (C=N–C) groups is 1. The van der Waals surface area contributed by atoms with E-state index < -0.39 is 34.9 Å². The van der Waals surface area contributed by atoms with E-state index in [0.717, 1.165) is 13.0 Å². The second kappa shape index (κ2) is 7.32. The Morgan fingerprint density at radius 2 is 1.58 bits per heavy atom. The van der Waals surface area contributed by atoms with Crippen LogP contribution < -0.4 is 5.73 Å². The first kappa shape index (κ1) is 22.7. The maximum Gasteiger partial charge on any atom is 0.416 e. The molecule has 2 N–H and O–H groups in total. The first-order valence-corrected chi connectivity index (χ1v) is 9.29. The number of nitrogens with zero attached hydrogens (tertiary/aromatic N) is 2. The summed E-state index contributed by atoms with van der Waals surface area (Å²) in [6.07, 6.45) is -4.69. The molecule has 2 atom stereocenters. The Kier molecular flexibility index (Phi) is 5.36. The molecular weight excluding hydrogens is 420 g/mol.